The van der Waals surface area contributed by atoms with Crippen molar-refractivity contribution in [2.75, 3.05) is 11.9 Å². The quantitative estimate of drug-likeness (QED) is 0.605. The molecule has 4 rings (SSSR count). The summed E-state index contributed by atoms with van der Waals surface area (Å²) in [6.45, 7) is -0.178. The molecule has 154 valence electrons. The number of sulfonamides is 1. The van der Waals surface area contributed by atoms with Crippen LogP contribution in [0.4, 0.5) is 5.69 Å². The summed E-state index contributed by atoms with van der Waals surface area (Å²) in [6.07, 6.45) is 0.471. The molecule has 0 saturated heterocycles. The molecule has 6 nitrogen and oxygen atoms in total. The van der Waals surface area contributed by atoms with Crippen LogP contribution >= 0.6 is 11.6 Å². The number of ether oxygens (including phenoxy) is 1. The van der Waals surface area contributed by atoms with E-state index in [4.69, 9.17) is 16.3 Å². The van der Waals surface area contributed by atoms with Gasteiger partial charge in [0, 0.05) is 6.07 Å². The molecule has 0 bridgehead atoms. The molecule has 3 aromatic carbocycles. The Balaban J connectivity index is 1.68. The van der Waals surface area contributed by atoms with E-state index in [1.165, 1.54) is 12.1 Å². The van der Waals surface area contributed by atoms with Gasteiger partial charge in [-0.1, -0.05) is 72.3 Å². The van der Waals surface area contributed by atoms with E-state index in [-0.39, 0.29) is 28.2 Å². The van der Waals surface area contributed by atoms with E-state index in [9.17, 15) is 13.2 Å². The second-order valence-electron chi connectivity index (χ2n) is 6.89. The zero-order valence-electron chi connectivity index (χ0n) is 15.8. The highest BCUT2D eigenvalue weighted by molar-refractivity contribution is 7.89. The molecule has 30 heavy (non-hydrogen) atoms. The standard InChI is InChI=1S/C22H19ClN2O4S/c23-17-12-19-20(29-14-22(26)24-19)13-21(17)30(27,28)25-18(16-9-5-2-6-10-16)11-15-7-3-1-4-8-15/h1-10,12-13,18,25H,11,14H2,(H,24,26). The SMILES string of the molecule is O=C1COc2cc(S(=O)(=O)NC(Cc3ccccc3)c3ccccc3)c(Cl)cc2N1. The normalized spacial score (nSPS) is 14.4. The third-order valence-corrected chi connectivity index (χ3v) is 6.67. The Bertz CT molecular complexity index is 1170. The summed E-state index contributed by atoms with van der Waals surface area (Å²) in [5, 5.41) is 2.61. The average molecular weight is 443 g/mol. The van der Waals surface area contributed by atoms with Crippen LogP contribution in [-0.2, 0) is 21.2 Å². The lowest BCUT2D eigenvalue weighted by molar-refractivity contribution is -0.118. The van der Waals surface area contributed by atoms with Crippen molar-refractivity contribution in [2.24, 2.45) is 0 Å². The fourth-order valence-electron chi connectivity index (χ4n) is 3.30. The summed E-state index contributed by atoms with van der Waals surface area (Å²) in [7, 11) is -3.98. The lowest BCUT2D eigenvalue weighted by Crippen LogP contribution is -2.31. The Morgan fingerprint density at radius 2 is 1.70 bits per heavy atom. The zero-order valence-corrected chi connectivity index (χ0v) is 17.4. The minimum Gasteiger partial charge on any atom is -0.482 e. The Morgan fingerprint density at radius 1 is 1.03 bits per heavy atom. The topological polar surface area (TPSA) is 84.5 Å². The molecular weight excluding hydrogens is 424 g/mol. The third kappa shape index (κ3) is 4.48. The van der Waals surface area contributed by atoms with Gasteiger partial charge in [0.25, 0.3) is 5.91 Å². The molecule has 8 heteroatoms. The Hall–Kier alpha value is -2.87. The van der Waals surface area contributed by atoms with Crippen LogP contribution in [0.1, 0.15) is 17.2 Å². The minimum absolute atomic E-state index is 0.00132. The van der Waals surface area contributed by atoms with Gasteiger partial charge in [-0.25, -0.2) is 13.1 Å². The van der Waals surface area contributed by atoms with E-state index >= 15 is 0 Å². The zero-order chi connectivity index (χ0) is 21.1. The smallest absolute Gasteiger partial charge is 0.262 e. The molecule has 1 atom stereocenters. The molecule has 0 aliphatic carbocycles. The van der Waals surface area contributed by atoms with Crippen LogP contribution in [0.2, 0.25) is 5.02 Å². The lowest BCUT2D eigenvalue weighted by Gasteiger charge is -2.22. The third-order valence-electron chi connectivity index (χ3n) is 4.74. The molecular formula is C22H19ClN2O4S. The molecule has 1 unspecified atom stereocenters. The van der Waals surface area contributed by atoms with Gasteiger partial charge in [-0.05, 0) is 23.6 Å². The highest BCUT2D eigenvalue weighted by Gasteiger charge is 2.27. The molecule has 0 saturated carbocycles. The number of anilines is 1. The van der Waals surface area contributed by atoms with Crippen LogP contribution in [-0.4, -0.2) is 20.9 Å². The van der Waals surface area contributed by atoms with Gasteiger partial charge in [-0.2, -0.15) is 0 Å². The van der Waals surface area contributed by atoms with Gasteiger partial charge < -0.3 is 10.1 Å². The van der Waals surface area contributed by atoms with Gasteiger partial charge in [0.1, 0.15) is 10.6 Å². The largest absolute Gasteiger partial charge is 0.482 e. The van der Waals surface area contributed by atoms with Gasteiger partial charge in [-0.15, -0.1) is 0 Å². The number of rotatable bonds is 6. The summed E-state index contributed by atoms with van der Waals surface area (Å²) in [6, 6.07) is 21.2. The number of amides is 1. The first kappa shape index (κ1) is 20.4. The molecule has 0 radical (unpaired) electrons. The molecule has 1 aliphatic heterocycles. The fourth-order valence-corrected chi connectivity index (χ4v) is 5.07. The number of fused-ring (bicyclic) bond motifs is 1. The predicted octanol–water partition coefficient (Wildman–Crippen LogP) is 3.93. The van der Waals surface area contributed by atoms with Crippen LogP contribution in [0.25, 0.3) is 0 Å². The monoisotopic (exact) mass is 442 g/mol. The summed E-state index contributed by atoms with van der Waals surface area (Å²) < 4.78 is 34.6. The Kier molecular flexibility index (Phi) is 5.76. The molecule has 1 aliphatic rings. The van der Waals surface area contributed by atoms with Crippen LogP contribution < -0.4 is 14.8 Å². The van der Waals surface area contributed by atoms with Gasteiger partial charge in [0.15, 0.2) is 6.61 Å². The van der Waals surface area contributed by atoms with Crippen LogP contribution in [0.15, 0.2) is 77.7 Å². The summed E-state index contributed by atoms with van der Waals surface area (Å²) in [5.74, 6) is -0.0574. The van der Waals surface area contributed by atoms with Crippen LogP contribution in [0.5, 0.6) is 5.75 Å². The first-order valence-electron chi connectivity index (χ1n) is 9.30. The number of benzene rings is 3. The van der Waals surface area contributed by atoms with Gasteiger partial charge in [0.05, 0.1) is 16.8 Å². The van der Waals surface area contributed by atoms with Crippen LogP contribution in [0.3, 0.4) is 0 Å². The predicted molar refractivity (Wildman–Crippen MR) is 115 cm³/mol. The van der Waals surface area contributed by atoms with Gasteiger partial charge in [0.2, 0.25) is 10.0 Å². The fraction of sp³-hybridized carbons (Fsp3) is 0.136. The number of carbonyl (C=O) groups excluding carboxylic acids is 1. The van der Waals surface area contributed by atoms with Crippen molar-refractivity contribution < 1.29 is 17.9 Å². The highest BCUT2D eigenvalue weighted by atomic mass is 35.5. The van der Waals surface area contributed by atoms with Crippen molar-refractivity contribution in [1.82, 2.24) is 4.72 Å². The number of carbonyl (C=O) groups is 1. The van der Waals surface area contributed by atoms with Crippen molar-refractivity contribution in [3.63, 3.8) is 0 Å². The minimum atomic E-state index is -3.98. The van der Waals surface area contributed by atoms with E-state index in [0.717, 1.165) is 11.1 Å². The number of nitrogens with one attached hydrogen (secondary N) is 2. The summed E-state index contributed by atoms with van der Waals surface area (Å²) >= 11 is 6.26. The van der Waals surface area contributed by atoms with Gasteiger partial charge >= 0.3 is 0 Å². The number of halogens is 1. The first-order valence-corrected chi connectivity index (χ1v) is 11.2. The second-order valence-corrected chi connectivity index (χ2v) is 8.98. The maximum Gasteiger partial charge on any atom is 0.262 e. The van der Waals surface area contributed by atoms with Crippen molar-refractivity contribution in [3.05, 3.63) is 88.9 Å². The van der Waals surface area contributed by atoms with E-state index in [2.05, 4.69) is 10.0 Å². The summed E-state index contributed by atoms with van der Waals surface area (Å²) in [5.41, 5.74) is 2.18. The molecule has 0 aromatic heterocycles. The first-order chi connectivity index (χ1) is 14.4. The van der Waals surface area contributed by atoms with Crippen molar-refractivity contribution in [3.8, 4) is 5.75 Å². The molecule has 1 heterocycles. The van der Waals surface area contributed by atoms with E-state index in [1.54, 1.807) is 0 Å². The Labute approximate surface area is 179 Å². The molecule has 0 spiro atoms. The van der Waals surface area contributed by atoms with E-state index in [1.807, 2.05) is 60.7 Å². The van der Waals surface area contributed by atoms with Crippen molar-refractivity contribution in [1.29, 1.82) is 0 Å². The molecule has 2 N–H and O–H groups in total. The van der Waals surface area contributed by atoms with Crippen molar-refractivity contribution in [2.45, 2.75) is 17.4 Å². The van der Waals surface area contributed by atoms with Crippen LogP contribution in [0, 0.1) is 0 Å². The number of hydrogen-bond acceptors (Lipinski definition) is 4. The Morgan fingerprint density at radius 3 is 2.40 bits per heavy atom. The average Bonchev–Trinajstić information content (AvgIpc) is 2.74. The van der Waals surface area contributed by atoms with E-state index < -0.39 is 16.1 Å². The summed E-state index contributed by atoms with van der Waals surface area (Å²) in [4.78, 5) is 11.4. The maximum atomic E-state index is 13.2. The molecule has 1 amide bonds. The highest BCUT2D eigenvalue weighted by Crippen LogP contribution is 2.36. The maximum absolute atomic E-state index is 13.2. The van der Waals surface area contributed by atoms with E-state index in [0.29, 0.717) is 12.1 Å². The van der Waals surface area contributed by atoms with Gasteiger partial charge in [-0.3, -0.25) is 4.79 Å². The lowest BCUT2D eigenvalue weighted by atomic mass is 10.00. The second kappa shape index (κ2) is 8.47. The van der Waals surface area contributed by atoms with Crippen molar-refractivity contribution >= 4 is 33.2 Å². The number of hydrogen-bond donors (Lipinski definition) is 2. The molecule has 0 fully saturated rings. The molecule has 3 aromatic rings.